The van der Waals surface area contributed by atoms with Crippen molar-refractivity contribution in [2.24, 2.45) is 5.92 Å². The van der Waals surface area contributed by atoms with E-state index < -0.39 is 0 Å². The molecule has 33 heavy (non-hydrogen) atoms. The topological polar surface area (TPSA) is 73.0 Å². The highest BCUT2D eigenvalue weighted by Gasteiger charge is 2.38. The molecular formula is C26H32N4O3. The number of carbonyl (C=O) groups excluding carboxylic acids is 3. The summed E-state index contributed by atoms with van der Waals surface area (Å²) in [5.74, 6) is -0.573. The van der Waals surface area contributed by atoms with Crippen LogP contribution in [0.5, 0.6) is 0 Å². The highest BCUT2D eigenvalue weighted by Crippen LogP contribution is 2.27. The van der Waals surface area contributed by atoms with Gasteiger partial charge in [-0.1, -0.05) is 25.1 Å². The van der Waals surface area contributed by atoms with Gasteiger partial charge in [-0.05, 0) is 55.8 Å². The molecule has 7 nitrogen and oxygen atoms in total. The van der Waals surface area contributed by atoms with E-state index in [1.807, 2.05) is 42.2 Å². The molecule has 2 aromatic carbocycles. The number of hydrogen-bond acceptors (Lipinski definition) is 4. The van der Waals surface area contributed by atoms with Crippen LogP contribution < -0.4 is 10.2 Å². The minimum Gasteiger partial charge on any atom is -0.340 e. The normalized spacial score (nSPS) is 19.1. The number of rotatable bonds is 6. The number of carbonyl (C=O) groups is 3. The lowest BCUT2D eigenvalue weighted by Gasteiger charge is -2.35. The maximum absolute atomic E-state index is 13.1. The van der Waals surface area contributed by atoms with E-state index in [9.17, 15) is 14.4 Å². The summed E-state index contributed by atoms with van der Waals surface area (Å²) in [5, 5.41) is 2.90. The number of nitrogens with zero attached hydrogens (tertiary/aromatic N) is 3. The maximum atomic E-state index is 13.1. The van der Waals surface area contributed by atoms with Crippen LogP contribution in [0.25, 0.3) is 0 Å². The average Bonchev–Trinajstić information content (AvgIpc) is 3.21. The number of benzene rings is 2. The summed E-state index contributed by atoms with van der Waals surface area (Å²) in [5.41, 5.74) is 2.92. The van der Waals surface area contributed by atoms with Crippen LogP contribution in [0.3, 0.4) is 0 Å². The Kier molecular flexibility index (Phi) is 7.08. The van der Waals surface area contributed by atoms with Gasteiger partial charge in [0, 0.05) is 56.1 Å². The lowest BCUT2D eigenvalue weighted by Crippen LogP contribution is -2.50. The number of anilines is 2. The molecule has 4 rings (SSSR count). The average molecular weight is 449 g/mol. The van der Waals surface area contributed by atoms with Gasteiger partial charge < -0.3 is 15.1 Å². The third-order valence-corrected chi connectivity index (χ3v) is 6.39. The van der Waals surface area contributed by atoms with Crippen molar-refractivity contribution in [3.8, 4) is 0 Å². The molecule has 2 heterocycles. The van der Waals surface area contributed by atoms with Crippen molar-refractivity contribution < 1.29 is 14.4 Å². The fourth-order valence-corrected chi connectivity index (χ4v) is 4.63. The van der Waals surface area contributed by atoms with Crippen molar-refractivity contribution >= 4 is 29.1 Å². The minimum atomic E-state index is -0.333. The molecule has 0 radical (unpaired) electrons. The smallest absolute Gasteiger partial charge is 0.255 e. The number of piperazine rings is 1. The Hall–Kier alpha value is -3.19. The molecule has 2 aliphatic rings. The molecule has 0 saturated carbocycles. The SMILES string of the molecule is CCCN1CCN(C(=O)[C@H]2CC(=O)N(c3cccc(C(=O)Nc4cccc(C)c4)c3)C2)CC1. The van der Waals surface area contributed by atoms with Gasteiger partial charge in [-0.15, -0.1) is 0 Å². The predicted octanol–water partition coefficient (Wildman–Crippen LogP) is 3.15. The van der Waals surface area contributed by atoms with Gasteiger partial charge >= 0.3 is 0 Å². The van der Waals surface area contributed by atoms with Crippen LogP contribution in [-0.2, 0) is 9.59 Å². The van der Waals surface area contributed by atoms with Crippen molar-refractivity contribution in [1.82, 2.24) is 9.80 Å². The molecule has 2 fully saturated rings. The van der Waals surface area contributed by atoms with Crippen molar-refractivity contribution in [2.75, 3.05) is 49.5 Å². The third kappa shape index (κ3) is 5.42. The molecule has 0 unspecified atom stereocenters. The molecule has 0 aliphatic carbocycles. The fraction of sp³-hybridized carbons (Fsp3) is 0.423. The summed E-state index contributed by atoms with van der Waals surface area (Å²) in [7, 11) is 0. The van der Waals surface area contributed by atoms with Crippen LogP contribution in [0.2, 0.25) is 0 Å². The van der Waals surface area contributed by atoms with Gasteiger partial charge in [0.1, 0.15) is 0 Å². The van der Waals surface area contributed by atoms with E-state index in [4.69, 9.17) is 0 Å². The molecule has 2 saturated heterocycles. The Morgan fingerprint density at radius 2 is 1.79 bits per heavy atom. The number of amides is 3. The Balaban J connectivity index is 1.40. The van der Waals surface area contributed by atoms with E-state index in [0.29, 0.717) is 17.8 Å². The maximum Gasteiger partial charge on any atom is 0.255 e. The summed E-state index contributed by atoms with van der Waals surface area (Å²) in [6.45, 7) is 8.78. The molecule has 0 bridgehead atoms. The van der Waals surface area contributed by atoms with E-state index in [-0.39, 0.29) is 30.1 Å². The second-order valence-corrected chi connectivity index (χ2v) is 8.95. The second kappa shape index (κ2) is 10.2. The molecule has 2 aliphatic heterocycles. The molecular weight excluding hydrogens is 416 g/mol. The van der Waals surface area contributed by atoms with Crippen LogP contribution in [-0.4, -0.2) is 66.8 Å². The molecule has 1 atom stereocenters. The summed E-state index contributed by atoms with van der Waals surface area (Å²) in [6, 6.07) is 14.7. The van der Waals surface area contributed by atoms with Gasteiger partial charge in [0.25, 0.3) is 5.91 Å². The number of nitrogens with one attached hydrogen (secondary N) is 1. The highest BCUT2D eigenvalue weighted by atomic mass is 16.2. The minimum absolute atomic E-state index is 0.0651. The summed E-state index contributed by atoms with van der Waals surface area (Å²) >= 11 is 0. The summed E-state index contributed by atoms with van der Waals surface area (Å²) in [4.78, 5) is 44.5. The van der Waals surface area contributed by atoms with Crippen molar-refractivity contribution in [3.05, 3.63) is 59.7 Å². The Morgan fingerprint density at radius 3 is 2.52 bits per heavy atom. The molecule has 3 amide bonds. The van der Waals surface area contributed by atoms with Crippen LogP contribution in [0.4, 0.5) is 11.4 Å². The quantitative estimate of drug-likeness (QED) is 0.737. The van der Waals surface area contributed by atoms with E-state index in [0.717, 1.165) is 50.4 Å². The van der Waals surface area contributed by atoms with Crippen LogP contribution in [0.1, 0.15) is 35.7 Å². The Morgan fingerprint density at radius 1 is 1.03 bits per heavy atom. The molecule has 174 valence electrons. The lowest BCUT2D eigenvalue weighted by atomic mass is 10.1. The number of aryl methyl sites for hydroxylation is 1. The summed E-state index contributed by atoms with van der Waals surface area (Å²) in [6.07, 6.45) is 1.33. The largest absolute Gasteiger partial charge is 0.340 e. The van der Waals surface area contributed by atoms with Crippen LogP contribution in [0, 0.1) is 12.8 Å². The molecule has 0 aromatic heterocycles. The van der Waals surface area contributed by atoms with Gasteiger partial charge in [0.05, 0.1) is 5.92 Å². The van der Waals surface area contributed by atoms with E-state index in [1.54, 1.807) is 23.1 Å². The van der Waals surface area contributed by atoms with Gasteiger partial charge in [0.15, 0.2) is 0 Å². The predicted molar refractivity (Wildman–Crippen MR) is 129 cm³/mol. The molecule has 1 N–H and O–H groups in total. The first-order chi connectivity index (χ1) is 15.9. The Labute approximate surface area is 195 Å². The Bertz CT molecular complexity index is 1030. The van der Waals surface area contributed by atoms with Gasteiger partial charge in [-0.3, -0.25) is 19.3 Å². The van der Waals surface area contributed by atoms with Crippen LogP contribution in [0.15, 0.2) is 48.5 Å². The first-order valence-corrected chi connectivity index (χ1v) is 11.7. The fourth-order valence-electron chi connectivity index (χ4n) is 4.63. The first kappa shape index (κ1) is 23.0. The van der Waals surface area contributed by atoms with Gasteiger partial charge in [-0.25, -0.2) is 0 Å². The number of hydrogen-bond donors (Lipinski definition) is 1. The molecule has 2 aromatic rings. The first-order valence-electron chi connectivity index (χ1n) is 11.7. The monoisotopic (exact) mass is 448 g/mol. The zero-order valence-corrected chi connectivity index (χ0v) is 19.4. The van der Waals surface area contributed by atoms with E-state index in [2.05, 4.69) is 17.1 Å². The van der Waals surface area contributed by atoms with Gasteiger partial charge in [-0.2, -0.15) is 0 Å². The van der Waals surface area contributed by atoms with Crippen molar-refractivity contribution in [2.45, 2.75) is 26.7 Å². The lowest BCUT2D eigenvalue weighted by molar-refractivity contribution is -0.137. The van der Waals surface area contributed by atoms with Gasteiger partial charge in [0.2, 0.25) is 11.8 Å². The summed E-state index contributed by atoms with van der Waals surface area (Å²) < 4.78 is 0. The van der Waals surface area contributed by atoms with E-state index >= 15 is 0 Å². The zero-order valence-electron chi connectivity index (χ0n) is 19.4. The van der Waals surface area contributed by atoms with Crippen LogP contribution >= 0.6 is 0 Å². The molecule has 7 heteroatoms. The molecule has 0 spiro atoms. The standard InChI is InChI=1S/C26H32N4O3/c1-3-10-28-11-13-29(14-12-28)26(33)21-17-24(31)30(18-21)23-9-5-7-20(16-23)25(32)27-22-8-4-6-19(2)15-22/h4-9,15-16,21H,3,10-14,17-18H2,1-2H3,(H,27,32)/t21-/m0/s1. The van der Waals surface area contributed by atoms with Crippen molar-refractivity contribution in [1.29, 1.82) is 0 Å². The second-order valence-electron chi connectivity index (χ2n) is 8.95. The third-order valence-electron chi connectivity index (χ3n) is 6.39. The van der Waals surface area contributed by atoms with Crippen molar-refractivity contribution in [3.63, 3.8) is 0 Å². The highest BCUT2D eigenvalue weighted by molar-refractivity contribution is 6.06. The zero-order chi connectivity index (χ0) is 23.4. The van der Waals surface area contributed by atoms with E-state index in [1.165, 1.54) is 0 Å².